The second kappa shape index (κ2) is 5.47. The Morgan fingerprint density at radius 3 is 2.82 bits per heavy atom. The van der Waals surface area contributed by atoms with Gasteiger partial charge in [-0.1, -0.05) is 6.07 Å². The number of ether oxygens (including phenoxy) is 1. The van der Waals surface area contributed by atoms with E-state index in [1.165, 1.54) is 0 Å². The van der Waals surface area contributed by atoms with Crippen molar-refractivity contribution in [1.82, 2.24) is 10.3 Å². The smallest absolute Gasteiger partial charge is 0.270 e. The third kappa shape index (κ3) is 2.96. The molecule has 5 heteroatoms. The summed E-state index contributed by atoms with van der Waals surface area (Å²) in [5.41, 5.74) is 0.0671. The molecule has 92 valence electrons. The van der Waals surface area contributed by atoms with Crippen LogP contribution in [0.5, 0.6) is 0 Å². The van der Waals surface area contributed by atoms with Crippen LogP contribution >= 0.6 is 11.6 Å². The van der Waals surface area contributed by atoms with Crippen molar-refractivity contribution in [1.29, 1.82) is 0 Å². The molecule has 17 heavy (non-hydrogen) atoms. The molecule has 0 bridgehead atoms. The van der Waals surface area contributed by atoms with E-state index in [0.29, 0.717) is 24.8 Å². The maximum absolute atomic E-state index is 12.0. The van der Waals surface area contributed by atoms with Crippen LogP contribution in [-0.4, -0.2) is 35.5 Å². The van der Waals surface area contributed by atoms with E-state index in [9.17, 15) is 4.79 Å². The molecule has 1 amide bonds. The number of nitrogens with one attached hydrogen (secondary N) is 1. The third-order valence-electron chi connectivity index (χ3n) is 2.98. The van der Waals surface area contributed by atoms with Crippen molar-refractivity contribution >= 4 is 17.5 Å². The van der Waals surface area contributed by atoms with Crippen molar-refractivity contribution in [2.24, 2.45) is 0 Å². The molecule has 2 heterocycles. The first kappa shape index (κ1) is 12.3. The second-order valence-corrected chi connectivity index (χ2v) is 4.46. The highest BCUT2D eigenvalue weighted by Crippen LogP contribution is 2.22. The molecule has 0 aliphatic carbocycles. The lowest BCUT2D eigenvalue weighted by atomic mass is 9.92. The molecule has 1 aliphatic heterocycles. The van der Waals surface area contributed by atoms with Gasteiger partial charge >= 0.3 is 0 Å². The highest BCUT2D eigenvalue weighted by Gasteiger charge is 2.33. The summed E-state index contributed by atoms with van der Waals surface area (Å²) in [5.74, 6) is 0.225. The second-order valence-electron chi connectivity index (χ2n) is 4.20. The van der Waals surface area contributed by atoms with Crippen LogP contribution in [0.3, 0.4) is 0 Å². The van der Waals surface area contributed by atoms with E-state index in [0.717, 1.165) is 12.8 Å². The van der Waals surface area contributed by atoms with Crippen molar-refractivity contribution < 1.29 is 9.53 Å². The van der Waals surface area contributed by atoms with Gasteiger partial charge in [-0.2, -0.15) is 0 Å². The Morgan fingerprint density at radius 1 is 1.47 bits per heavy atom. The van der Waals surface area contributed by atoms with Crippen LogP contribution in [0.25, 0.3) is 0 Å². The summed E-state index contributed by atoms with van der Waals surface area (Å²) < 4.78 is 5.29. The lowest BCUT2D eigenvalue weighted by Crippen LogP contribution is -2.53. The standard InChI is InChI=1S/C12H15ClN2O2/c13-9-12(4-7-17-8-5-12)15-11(16)10-3-1-2-6-14-10/h1-3,6H,4-5,7-9H2,(H,15,16). The van der Waals surface area contributed by atoms with Crippen molar-refractivity contribution in [3.05, 3.63) is 30.1 Å². The number of nitrogens with zero attached hydrogens (tertiary/aromatic N) is 1. The summed E-state index contributed by atoms with van der Waals surface area (Å²) in [6, 6.07) is 5.26. The fraction of sp³-hybridized carbons (Fsp3) is 0.500. The number of aromatic nitrogens is 1. The van der Waals surface area contributed by atoms with E-state index in [1.807, 2.05) is 0 Å². The molecule has 4 nitrogen and oxygen atoms in total. The summed E-state index contributed by atoms with van der Waals surface area (Å²) in [4.78, 5) is 16.0. The number of carbonyl (C=O) groups is 1. The summed E-state index contributed by atoms with van der Waals surface area (Å²) in [6.07, 6.45) is 3.09. The van der Waals surface area contributed by atoms with Crippen LogP contribution < -0.4 is 5.32 Å². The fourth-order valence-electron chi connectivity index (χ4n) is 1.86. The number of alkyl halides is 1. The Bertz CT molecular complexity index is 377. The van der Waals surface area contributed by atoms with Gasteiger partial charge in [-0.15, -0.1) is 11.6 Å². The zero-order chi connectivity index (χ0) is 12.1. The minimum Gasteiger partial charge on any atom is -0.381 e. The number of amides is 1. The highest BCUT2D eigenvalue weighted by molar-refractivity contribution is 6.19. The fourth-order valence-corrected chi connectivity index (χ4v) is 2.19. The zero-order valence-electron chi connectivity index (χ0n) is 9.49. The van der Waals surface area contributed by atoms with Crippen LogP contribution in [0, 0.1) is 0 Å². The van der Waals surface area contributed by atoms with Gasteiger partial charge in [0.25, 0.3) is 5.91 Å². The molecule has 0 spiro atoms. The van der Waals surface area contributed by atoms with E-state index < -0.39 is 0 Å². The number of halogens is 1. The molecule has 1 aromatic rings. The first-order chi connectivity index (χ1) is 8.26. The molecule has 0 saturated carbocycles. The predicted octanol–water partition coefficient (Wildman–Crippen LogP) is 1.60. The molecule has 1 saturated heterocycles. The molecule has 1 aliphatic rings. The molecular weight excluding hydrogens is 240 g/mol. The van der Waals surface area contributed by atoms with Gasteiger partial charge in [0.05, 0.1) is 5.54 Å². The van der Waals surface area contributed by atoms with Gasteiger partial charge in [-0.05, 0) is 25.0 Å². The summed E-state index contributed by atoms with van der Waals surface area (Å²) in [6.45, 7) is 1.27. The van der Waals surface area contributed by atoms with Gasteiger partial charge in [-0.3, -0.25) is 9.78 Å². The number of hydrogen-bond donors (Lipinski definition) is 1. The molecule has 1 aromatic heterocycles. The van der Waals surface area contributed by atoms with E-state index in [4.69, 9.17) is 16.3 Å². The first-order valence-electron chi connectivity index (χ1n) is 5.63. The summed E-state index contributed by atoms with van der Waals surface area (Å²) in [5, 5.41) is 2.98. The number of hydrogen-bond acceptors (Lipinski definition) is 3. The van der Waals surface area contributed by atoms with Gasteiger partial charge < -0.3 is 10.1 Å². The molecule has 0 radical (unpaired) electrons. The van der Waals surface area contributed by atoms with Crippen molar-refractivity contribution in [3.63, 3.8) is 0 Å². The van der Waals surface area contributed by atoms with E-state index >= 15 is 0 Å². The van der Waals surface area contributed by atoms with Crippen molar-refractivity contribution in [3.8, 4) is 0 Å². The van der Waals surface area contributed by atoms with E-state index in [1.54, 1.807) is 24.4 Å². The number of carbonyl (C=O) groups excluding carboxylic acids is 1. The van der Waals surface area contributed by atoms with Crippen molar-refractivity contribution in [2.45, 2.75) is 18.4 Å². The lowest BCUT2D eigenvalue weighted by molar-refractivity contribution is 0.0432. The summed E-state index contributed by atoms with van der Waals surface area (Å²) in [7, 11) is 0. The Kier molecular flexibility index (Phi) is 3.97. The molecule has 0 atom stereocenters. The minimum absolute atomic E-state index is 0.173. The maximum Gasteiger partial charge on any atom is 0.270 e. The largest absolute Gasteiger partial charge is 0.381 e. The molecule has 0 unspecified atom stereocenters. The van der Waals surface area contributed by atoms with E-state index in [-0.39, 0.29) is 11.4 Å². The molecule has 1 fully saturated rings. The van der Waals surface area contributed by atoms with Crippen LogP contribution in [-0.2, 0) is 4.74 Å². The van der Waals surface area contributed by atoms with Gasteiger partial charge in [-0.25, -0.2) is 0 Å². The Labute approximate surface area is 105 Å². The lowest BCUT2D eigenvalue weighted by Gasteiger charge is -2.36. The van der Waals surface area contributed by atoms with Crippen LogP contribution in [0.1, 0.15) is 23.3 Å². The highest BCUT2D eigenvalue weighted by atomic mass is 35.5. The molecule has 2 rings (SSSR count). The van der Waals surface area contributed by atoms with Gasteiger partial charge in [0.2, 0.25) is 0 Å². The third-order valence-corrected chi connectivity index (χ3v) is 3.49. The SMILES string of the molecule is O=C(NC1(CCl)CCOCC1)c1ccccn1. The normalized spacial score (nSPS) is 18.6. The van der Waals surface area contributed by atoms with Crippen molar-refractivity contribution in [2.75, 3.05) is 19.1 Å². The van der Waals surface area contributed by atoms with Crippen LogP contribution in [0.15, 0.2) is 24.4 Å². The molecule has 0 aromatic carbocycles. The van der Waals surface area contributed by atoms with Gasteiger partial charge in [0.1, 0.15) is 5.69 Å². The zero-order valence-corrected chi connectivity index (χ0v) is 10.2. The van der Waals surface area contributed by atoms with Gasteiger partial charge in [0, 0.05) is 25.3 Å². The Hall–Kier alpha value is -1.13. The predicted molar refractivity (Wildman–Crippen MR) is 65.2 cm³/mol. The molecular formula is C12H15ClN2O2. The van der Waals surface area contributed by atoms with E-state index in [2.05, 4.69) is 10.3 Å². The maximum atomic E-state index is 12.0. The monoisotopic (exact) mass is 254 g/mol. The average molecular weight is 255 g/mol. The summed E-state index contributed by atoms with van der Waals surface area (Å²) >= 11 is 5.98. The topological polar surface area (TPSA) is 51.2 Å². The first-order valence-corrected chi connectivity index (χ1v) is 6.16. The Balaban J connectivity index is 2.06. The average Bonchev–Trinajstić information content (AvgIpc) is 2.41. The van der Waals surface area contributed by atoms with Crippen LogP contribution in [0.4, 0.5) is 0 Å². The Morgan fingerprint density at radius 2 is 2.24 bits per heavy atom. The number of rotatable bonds is 3. The molecule has 1 N–H and O–H groups in total. The van der Waals surface area contributed by atoms with Crippen LogP contribution in [0.2, 0.25) is 0 Å². The minimum atomic E-state index is -0.353. The quantitative estimate of drug-likeness (QED) is 0.834. The number of pyridine rings is 1. The van der Waals surface area contributed by atoms with Gasteiger partial charge in [0.15, 0.2) is 0 Å².